The lowest BCUT2D eigenvalue weighted by molar-refractivity contribution is 0.650. The predicted molar refractivity (Wildman–Crippen MR) is 134 cm³/mol. The van der Waals surface area contributed by atoms with Crippen molar-refractivity contribution < 1.29 is 0 Å². The number of fused-ring (bicyclic) bond motifs is 2. The average Bonchev–Trinajstić information content (AvgIpc) is 3.30. The molecule has 152 valence electrons. The van der Waals surface area contributed by atoms with E-state index in [2.05, 4.69) is 107 Å². The normalized spacial score (nSPS) is 21.7. The highest BCUT2D eigenvalue weighted by molar-refractivity contribution is 7.42. The largest absolute Gasteiger partial charge is 0.0794 e. The Morgan fingerprint density at radius 1 is 0.828 bits per heavy atom. The molecule has 3 unspecified atom stereocenters. The molecule has 0 aliphatic heterocycles. The van der Waals surface area contributed by atoms with Gasteiger partial charge >= 0.3 is 0 Å². The molecule has 3 atom stereocenters. The summed E-state index contributed by atoms with van der Waals surface area (Å²) >= 11 is 0. The molecular formula is C27H36Si2. The number of hydrogen-bond donors (Lipinski definition) is 0. The Morgan fingerprint density at radius 3 is 2.17 bits per heavy atom. The van der Waals surface area contributed by atoms with E-state index in [1.54, 1.807) is 22.3 Å². The third kappa shape index (κ3) is 3.25. The standard InChI is InChI=1S/C27H36Si2/c1-7-12-20(2)25-19-27(24-16-11-10-15-23(24)25)29(5,6)28(3,4)26-18-17-21-13-8-9-14-22(21)26/h8-11,13-20,26-27H,7,12H2,1-6H3. The first-order valence-electron chi connectivity index (χ1n) is 11.4. The van der Waals surface area contributed by atoms with E-state index in [0.29, 0.717) is 17.0 Å². The van der Waals surface area contributed by atoms with E-state index in [-0.39, 0.29) is 0 Å². The maximum atomic E-state index is 2.72. The van der Waals surface area contributed by atoms with Gasteiger partial charge in [-0.2, -0.15) is 0 Å². The quantitative estimate of drug-likeness (QED) is 0.419. The minimum Gasteiger partial charge on any atom is -0.0794 e. The third-order valence-corrected chi connectivity index (χ3v) is 27.5. The van der Waals surface area contributed by atoms with Crippen molar-refractivity contribution in [3.8, 4) is 0 Å². The van der Waals surface area contributed by atoms with Gasteiger partial charge in [0.2, 0.25) is 0 Å². The van der Waals surface area contributed by atoms with Crippen LogP contribution in [-0.4, -0.2) is 15.2 Å². The van der Waals surface area contributed by atoms with Crippen LogP contribution in [0.4, 0.5) is 0 Å². The molecule has 2 aromatic rings. The van der Waals surface area contributed by atoms with Crippen molar-refractivity contribution in [2.75, 3.05) is 0 Å². The Labute approximate surface area is 179 Å². The first kappa shape index (κ1) is 20.6. The lowest BCUT2D eigenvalue weighted by Gasteiger charge is -2.46. The van der Waals surface area contributed by atoms with Gasteiger partial charge in [0, 0.05) is 0 Å². The topological polar surface area (TPSA) is 0 Å². The fourth-order valence-corrected chi connectivity index (χ4v) is 16.8. The van der Waals surface area contributed by atoms with E-state index in [9.17, 15) is 0 Å². The molecule has 2 aromatic carbocycles. The zero-order valence-electron chi connectivity index (χ0n) is 19.0. The summed E-state index contributed by atoms with van der Waals surface area (Å²) in [5, 5.41) is 0. The van der Waals surface area contributed by atoms with Crippen LogP contribution in [0.2, 0.25) is 26.2 Å². The number of hydrogen-bond acceptors (Lipinski definition) is 0. The van der Waals surface area contributed by atoms with Crippen LogP contribution in [-0.2, 0) is 0 Å². The van der Waals surface area contributed by atoms with Gasteiger partial charge in [0.25, 0.3) is 0 Å². The summed E-state index contributed by atoms with van der Waals surface area (Å²) in [4.78, 5) is 0. The second-order valence-corrected chi connectivity index (χ2v) is 26.1. The lowest BCUT2D eigenvalue weighted by atomic mass is 9.92. The Hall–Kier alpha value is -1.65. The third-order valence-electron chi connectivity index (χ3n) is 8.22. The Kier molecular flexibility index (Phi) is 5.37. The van der Waals surface area contributed by atoms with Gasteiger partial charge in [-0.1, -0.05) is 113 Å². The molecule has 0 bridgehead atoms. The molecule has 29 heavy (non-hydrogen) atoms. The van der Waals surface area contributed by atoms with Gasteiger partial charge < -0.3 is 0 Å². The number of benzene rings is 2. The average molecular weight is 417 g/mol. The molecule has 0 nitrogen and oxygen atoms in total. The molecule has 0 fully saturated rings. The van der Waals surface area contributed by atoms with Crippen LogP contribution in [0.3, 0.4) is 0 Å². The first-order chi connectivity index (χ1) is 13.8. The predicted octanol–water partition coefficient (Wildman–Crippen LogP) is 7.99. The maximum Gasteiger partial charge on any atom is 0.0548 e. The summed E-state index contributed by atoms with van der Waals surface area (Å²) in [6, 6.07) is 18.4. The van der Waals surface area contributed by atoms with E-state index >= 15 is 0 Å². The van der Waals surface area contributed by atoms with Crippen LogP contribution in [0, 0.1) is 5.92 Å². The fraction of sp³-hybridized carbons (Fsp3) is 0.407. The molecule has 2 aliphatic carbocycles. The lowest BCUT2D eigenvalue weighted by Crippen LogP contribution is -2.61. The van der Waals surface area contributed by atoms with Gasteiger partial charge in [0.15, 0.2) is 0 Å². The monoisotopic (exact) mass is 416 g/mol. The van der Waals surface area contributed by atoms with Crippen molar-refractivity contribution in [3.05, 3.63) is 82.9 Å². The van der Waals surface area contributed by atoms with Gasteiger partial charge in [-0.15, -0.1) is 0 Å². The zero-order chi connectivity index (χ0) is 20.8. The molecule has 0 heterocycles. The van der Waals surface area contributed by atoms with E-state index in [1.165, 1.54) is 18.4 Å². The van der Waals surface area contributed by atoms with E-state index in [0.717, 1.165) is 0 Å². The minimum absolute atomic E-state index is 0.649. The highest BCUT2D eigenvalue weighted by Gasteiger charge is 2.52. The Balaban J connectivity index is 1.76. The number of allylic oxidation sites excluding steroid dienone is 3. The van der Waals surface area contributed by atoms with Gasteiger partial charge in [0.05, 0.1) is 15.2 Å². The van der Waals surface area contributed by atoms with Crippen molar-refractivity contribution in [2.24, 2.45) is 5.92 Å². The molecular weight excluding hydrogens is 380 g/mol. The van der Waals surface area contributed by atoms with Crippen LogP contribution in [0.15, 0.2) is 60.7 Å². The Bertz CT molecular complexity index is 964. The highest BCUT2D eigenvalue weighted by Crippen LogP contribution is 2.50. The maximum absolute atomic E-state index is 2.72. The van der Waals surface area contributed by atoms with Crippen molar-refractivity contribution in [3.63, 3.8) is 0 Å². The summed E-state index contributed by atoms with van der Waals surface area (Å²) in [5.41, 5.74) is 9.13. The summed E-state index contributed by atoms with van der Waals surface area (Å²) < 4.78 is 0. The second-order valence-electron chi connectivity index (χ2n) is 10.3. The van der Waals surface area contributed by atoms with Gasteiger partial charge in [-0.25, -0.2) is 0 Å². The van der Waals surface area contributed by atoms with Gasteiger partial charge in [0.1, 0.15) is 0 Å². The first-order valence-corrected chi connectivity index (χ1v) is 18.5. The molecule has 2 aliphatic rings. The van der Waals surface area contributed by atoms with Crippen molar-refractivity contribution in [1.29, 1.82) is 0 Å². The summed E-state index contributed by atoms with van der Waals surface area (Å²) in [6.07, 6.45) is 10.2. The molecule has 0 spiro atoms. The second kappa shape index (κ2) is 7.55. The van der Waals surface area contributed by atoms with Crippen LogP contribution in [0.25, 0.3) is 11.6 Å². The van der Waals surface area contributed by atoms with E-state index in [4.69, 9.17) is 0 Å². The smallest absolute Gasteiger partial charge is 0.0548 e. The molecule has 0 amide bonds. The number of rotatable bonds is 6. The van der Waals surface area contributed by atoms with Gasteiger partial charge in [-0.3, -0.25) is 0 Å². The van der Waals surface area contributed by atoms with Crippen molar-refractivity contribution >= 4 is 26.8 Å². The fourth-order valence-electron chi connectivity index (χ4n) is 5.69. The van der Waals surface area contributed by atoms with Crippen LogP contribution < -0.4 is 0 Å². The van der Waals surface area contributed by atoms with E-state index in [1.807, 2.05) is 0 Å². The molecule has 0 saturated heterocycles. The summed E-state index contributed by atoms with van der Waals surface area (Å²) in [5.74, 6) is 0.660. The highest BCUT2D eigenvalue weighted by atomic mass is 29.3. The zero-order valence-corrected chi connectivity index (χ0v) is 21.0. The molecule has 4 rings (SSSR count). The van der Waals surface area contributed by atoms with Crippen molar-refractivity contribution in [1.82, 2.24) is 0 Å². The van der Waals surface area contributed by atoms with Crippen LogP contribution >= 0.6 is 0 Å². The van der Waals surface area contributed by atoms with Gasteiger partial charge in [-0.05, 0) is 51.2 Å². The summed E-state index contributed by atoms with van der Waals surface area (Å²) in [7, 11) is -3.14. The van der Waals surface area contributed by atoms with Crippen LogP contribution in [0.5, 0.6) is 0 Å². The Morgan fingerprint density at radius 2 is 1.45 bits per heavy atom. The van der Waals surface area contributed by atoms with Crippen molar-refractivity contribution in [2.45, 2.75) is 64.0 Å². The van der Waals surface area contributed by atoms with E-state index < -0.39 is 15.2 Å². The molecule has 0 aromatic heterocycles. The molecule has 0 radical (unpaired) electrons. The minimum atomic E-state index is -1.58. The SMILES string of the molecule is CCCC(C)C1=CC([Si](C)(C)[Si](C)(C)C2C=Cc3ccccc32)c2ccccc21. The molecule has 0 N–H and O–H groups in total. The molecule has 2 heteroatoms. The molecule has 0 saturated carbocycles. The summed E-state index contributed by atoms with van der Waals surface area (Å²) in [6.45, 7) is 15.5. The van der Waals surface area contributed by atoms with Crippen LogP contribution in [0.1, 0.15) is 60.0 Å².